The number of rotatable bonds is 7. The highest BCUT2D eigenvalue weighted by Crippen LogP contribution is 2.19. The molecule has 1 aliphatic heterocycles. The maximum atomic E-state index is 13.2. The van der Waals surface area contributed by atoms with E-state index in [1.165, 1.54) is 14.0 Å². The molecule has 1 heterocycles. The maximum absolute atomic E-state index is 13.2. The molecule has 2 amide bonds. The van der Waals surface area contributed by atoms with Crippen LogP contribution in [0.15, 0.2) is 0 Å². The van der Waals surface area contributed by atoms with Gasteiger partial charge >= 0.3 is 0 Å². The van der Waals surface area contributed by atoms with Gasteiger partial charge in [0.25, 0.3) is 0 Å². The van der Waals surface area contributed by atoms with E-state index in [1.54, 1.807) is 4.90 Å². The Morgan fingerprint density at radius 1 is 1.16 bits per heavy atom. The van der Waals surface area contributed by atoms with Crippen molar-refractivity contribution in [2.24, 2.45) is 5.92 Å². The number of carbonyl (C=O) groups is 2. The first-order chi connectivity index (χ1) is 15.2. The second-order valence-electron chi connectivity index (χ2n) is 9.37. The van der Waals surface area contributed by atoms with Gasteiger partial charge in [-0.05, 0) is 31.6 Å². The van der Waals surface area contributed by atoms with Gasteiger partial charge in [-0.25, -0.2) is 0 Å². The Kier molecular flexibility index (Phi) is 14.0. The lowest BCUT2D eigenvalue weighted by Crippen LogP contribution is -2.53. The molecule has 1 aliphatic rings. The van der Waals surface area contributed by atoms with Crippen LogP contribution in [0.4, 0.5) is 0 Å². The smallest absolute Gasteiger partial charge is 0.222 e. The van der Waals surface area contributed by atoms with E-state index in [-0.39, 0.29) is 31.0 Å². The molecule has 0 saturated carbocycles. The number of ether oxygens (including phenoxy) is 2. The minimum atomic E-state index is -1.18. The second-order valence-corrected chi connectivity index (χ2v) is 9.37. The predicted molar refractivity (Wildman–Crippen MR) is 124 cm³/mol. The molecule has 4 atom stereocenters. The standard InChI is InChI=1S/C24H46N2O6/c1-6-7-8-11-23(29)26-12-9-10-13-32-17-21(28)24(30)22(31-5)16-25(19(4)27)15-20(26)14-18(2)3/h18,20-22,24,28,30H,6-17H2,1-5H3/t20-,21-,22-,24-/m1/s1. The van der Waals surface area contributed by atoms with Gasteiger partial charge < -0.3 is 29.5 Å². The Hall–Kier alpha value is -1.22. The maximum Gasteiger partial charge on any atom is 0.222 e. The zero-order valence-electron chi connectivity index (χ0n) is 20.8. The molecule has 32 heavy (non-hydrogen) atoms. The van der Waals surface area contributed by atoms with Crippen LogP contribution in [0.3, 0.4) is 0 Å². The first-order valence-electron chi connectivity index (χ1n) is 12.2. The molecular formula is C24H46N2O6. The average molecular weight is 459 g/mol. The zero-order valence-corrected chi connectivity index (χ0v) is 20.8. The van der Waals surface area contributed by atoms with Crippen LogP contribution in [0.2, 0.25) is 0 Å². The minimum Gasteiger partial charge on any atom is -0.388 e. The summed E-state index contributed by atoms with van der Waals surface area (Å²) in [5.74, 6) is 0.344. The highest BCUT2D eigenvalue weighted by Gasteiger charge is 2.32. The van der Waals surface area contributed by atoms with Gasteiger partial charge in [-0.15, -0.1) is 0 Å². The number of carbonyl (C=O) groups excluding carboxylic acids is 2. The molecule has 1 rings (SSSR count). The van der Waals surface area contributed by atoms with Crippen molar-refractivity contribution in [2.75, 3.05) is 40.0 Å². The Bertz CT molecular complexity index is 545. The van der Waals surface area contributed by atoms with E-state index in [2.05, 4.69) is 20.8 Å². The molecule has 1 saturated heterocycles. The van der Waals surface area contributed by atoms with Crippen LogP contribution in [-0.4, -0.2) is 96.1 Å². The van der Waals surface area contributed by atoms with Crippen LogP contribution >= 0.6 is 0 Å². The molecule has 0 bridgehead atoms. The van der Waals surface area contributed by atoms with E-state index in [1.807, 2.05) is 4.90 Å². The molecule has 8 heteroatoms. The second kappa shape index (κ2) is 15.6. The summed E-state index contributed by atoms with van der Waals surface area (Å²) in [7, 11) is 1.46. The normalized spacial score (nSPS) is 26.8. The lowest BCUT2D eigenvalue weighted by molar-refractivity contribution is -0.142. The molecule has 0 radical (unpaired) electrons. The lowest BCUT2D eigenvalue weighted by atomic mass is 9.99. The number of unbranched alkanes of at least 4 members (excludes halogenated alkanes) is 2. The Labute approximate surface area is 194 Å². The molecule has 0 aromatic carbocycles. The summed E-state index contributed by atoms with van der Waals surface area (Å²) in [6.45, 7) is 9.44. The van der Waals surface area contributed by atoms with Gasteiger partial charge in [0.1, 0.15) is 18.3 Å². The van der Waals surface area contributed by atoms with Gasteiger partial charge in [0, 0.05) is 52.7 Å². The predicted octanol–water partition coefficient (Wildman–Crippen LogP) is 2.21. The minimum absolute atomic E-state index is 0.00324. The van der Waals surface area contributed by atoms with Gasteiger partial charge in [0.15, 0.2) is 0 Å². The van der Waals surface area contributed by atoms with Crippen molar-refractivity contribution in [3.8, 4) is 0 Å². The average Bonchev–Trinajstić information content (AvgIpc) is 2.73. The number of aliphatic hydroxyl groups excluding tert-OH is 2. The van der Waals surface area contributed by atoms with Crippen LogP contribution in [0.5, 0.6) is 0 Å². The van der Waals surface area contributed by atoms with Crippen molar-refractivity contribution in [3.05, 3.63) is 0 Å². The Morgan fingerprint density at radius 3 is 2.47 bits per heavy atom. The third kappa shape index (κ3) is 10.1. The molecule has 0 aliphatic carbocycles. The monoisotopic (exact) mass is 458 g/mol. The summed E-state index contributed by atoms with van der Waals surface area (Å²) in [5.41, 5.74) is 0. The van der Waals surface area contributed by atoms with Crippen molar-refractivity contribution < 1.29 is 29.3 Å². The largest absolute Gasteiger partial charge is 0.388 e. The highest BCUT2D eigenvalue weighted by atomic mass is 16.5. The molecule has 0 aromatic rings. The van der Waals surface area contributed by atoms with Gasteiger partial charge in [0.05, 0.1) is 6.61 Å². The van der Waals surface area contributed by atoms with E-state index < -0.39 is 18.3 Å². The molecule has 0 spiro atoms. The van der Waals surface area contributed by atoms with E-state index in [0.717, 1.165) is 38.5 Å². The molecule has 1 fully saturated rings. The van der Waals surface area contributed by atoms with Crippen molar-refractivity contribution in [2.45, 2.75) is 97.0 Å². The summed E-state index contributed by atoms with van der Waals surface area (Å²) in [6.07, 6.45) is 2.76. The van der Waals surface area contributed by atoms with Crippen molar-refractivity contribution in [1.82, 2.24) is 9.80 Å². The first kappa shape index (κ1) is 28.8. The fourth-order valence-electron chi connectivity index (χ4n) is 4.19. The topological polar surface area (TPSA) is 99.5 Å². The van der Waals surface area contributed by atoms with Crippen LogP contribution < -0.4 is 0 Å². The molecule has 8 nitrogen and oxygen atoms in total. The SMILES string of the molecule is CCCCCC(=O)N1CCCCOC[C@@H](O)[C@@H](O)[C@H](OC)CN(C(C)=O)C[C@H]1CC(C)C. The Morgan fingerprint density at radius 2 is 1.88 bits per heavy atom. The summed E-state index contributed by atoms with van der Waals surface area (Å²) in [5, 5.41) is 20.9. The van der Waals surface area contributed by atoms with Crippen molar-refractivity contribution >= 4 is 11.8 Å². The van der Waals surface area contributed by atoms with Gasteiger partial charge in [0.2, 0.25) is 11.8 Å². The lowest BCUT2D eigenvalue weighted by Gasteiger charge is -2.38. The summed E-state index contributed by atoms with van der Waals surface area (Å²) in [4.78, 5) is 29.3. The van der Waals surface area contributed by atoms with Crippen LogP contribution in [0.1, 0.15) is 72.6 Å². The van der Waals surface area contributed by atoms with Crippen LogP contribution in [0, 0.1) is 5.92 Å². The molecule has 0 aromatic heterocycles. The first-order valence-corrected chi connectivity index (χ1v) is 12.2. The van der Waals surface area contributed by atoms with Crippen LogP contribution in [0.25, 0.3) is 0 Å². The number of aliphatic hydroxyl groups is 2. The van der Waals surface area contributed by atoms with Crippen molar-refractivity contribution in [3.63, 3.8) is 0 Å². The Balaban J connectivity index is 3.17. The van der Waals surface area contributed by atoms with Gasteiger partial charge in [-0.3, -0.25) is 9.59 Å². The number of nitrogens with zero attached hydrogens (tertiary/aromatic N) is 2. The van der Waals surface area contributed by atoms with Crippen LogP contribution in [-0.2, 0) is 19.1 Å². The summed E-state index contributed by atoms with van der Waals surface area (Å²) in [6, 6.07) is -0.114. The molecule has 0 unspecified atom stereocenters. The van der Waals surface area contributed by atoms with Crippen molar-refractivity contribution in [1.29, 1.82) is 0 Å². The number of hydrogen-bond donors (Lipinski definition) is 2. The fourth-order valence-corrected chi connectivity index (χ4v) is 4.19. The summed E-state index contributed by atoms with van der Waals surface area (Å²) < 4.78 is 11.0. The van der Waals surface area contributed by atoms with E-state index in [9.17, 15) is 19.8 Å². The third-order valence-corrected chi connectivity index (χ3v) is 6.08. The summed E-state index contributed by atoms with van der Waals surface area (Å²) >= 11 is 0. The van der Waals surface area contributed by atoms with Gasteiger partial charge in [-0.2, -0.15) is 0 Å². The van der Waals surface area contributed by atoms with E-state index in [4.69, 9.17) is 9.47 Å². The van der Waals surface area contributed by atoms with Gasteiger partial charge in [-0.1, -0.05) is 33.6 Å². The molecular weight excluding hydrogens is 412 g/mol. The zero-order chi connectivity index (χ0) is 24.1. The van der Waals surface area contributed by atoms with E-state index in [0.29, 0.717) is 32.0 Å². The van der Waals surface area contributed by atoms with E-state index >= 15 is 0 Å². The fraction of sp³-hybridized carbons (Fsp3) is 0.917. The third-order valence-electron chi connectivity index (χ3n) is 6.08. The molecule has 188 valence electrons. The number of hydrogen-bond acceptors (Lipinski definition) is 6. The highest BCUT2D eigenvalue weighted by molar-refractivity contribution is 5.77. The molecule has 2 N–H and O–H groups in total. The number of amides is 2. The number of methoxy groups -OCH3 is 1. The quantitative estimate of drug-likeness (QED) is 0.568.